The second-order valence-corrected chi connectivity index (χ2v) is 5.99. The molecule has 8 nitrogen and oxygen atoms in total. The largest absolute Gasteiger partial charge is 0.493 e. The van der Waals surface area contributed by atoms with Crippen LogP contribution in [0, 0.1) is 10.1 Å². The normalized spacial score (nSPS) is 11.0. The summed E-state index contributed by atoms with van der Waals surface area (Å²) in [4.78, 5) is 15.0. The van der Waals surface area contributed by atoms with Crippen LogP contribution in [0.4, 0.5) is 5.69 Å². The Bertz CT molecular complexity index is 824. The minimum absolute atomic E-state index is 0.0686. The maximum Gasteiger partial charge on any atom is 0.269 e. The molecule has 0 unspecified atom stereocenters. The molecule has 0 bridgehead atoms. The minimum atomic E-state index is -0.403. The first kappa shape index (κ1) is 21.0. The van der Waals surface area contributed by atoms with Gasteiger partial charge in [0, 0.05) is 25.2 Å². The minimum Gasteiger partial charge on any atom is -0.493 e. The van der Waals surface area contributed by atoms with Crippen LogP contribution in [0.1, 0.15) is 18.1 Å². The zero-order valence-corrected chi connectivity index (χ0v) is 16.4. The van der Waals surface area contributed by atoms with Gasteiger partial charge in [-0.2, -0.15) is 0 Å². The molecule has 0 aromatic heterocycles. The van der Waals surface area contributed by atoms with E-state index in [2.05, 4.69) is 15.6 Å². The second kappa shape index (κ2) is 10.8. The number of aliphatic imine (C=N–C) groups is 1. The fraction of sp³-hybridized carbons (Fsp3) is 0.350. The Hall–Kier alpha value is -3.29. The fourth-order valence-corrected chi connectivity index (χ4v) is 2.64. The summed E-state index contributed by atoms with van der Waals surface area (Å²) >= 11 is 0. The van der Waals surface area contributed by atoms with E-state index in [0.29, 0.717) is 30.5 Å². The second-order valence-electron chi connectivity index (χ2n) is 5.99. The van der Waals surface area contributed by atoms with Crippen LogP contribution in [0.3, 0.4) is 0 Å². The smallest absolute Gasteiger partial charge is 0.269 e. The summed E-state index contributed by atoms with van der Waals surface area (Å²) in [5.74, 6) is 2.06. The highest BCUT2D eigenvalue weighted by molar-refractivity contribution is 5.79. The Morgan fingerprint density at radius 3 is 2.54 bits per heavy atom. The molecule has 28 heavy (non-hydrogen) atoms. The molecule has 2 N–H and O–H groups in total. The molecule has 2 rings (SSSR count). The van der Waals surface area contributed by atoms with Crippen molar-refractivity contribution in [3.8, 4) is 11.5 Å². The van der Waals surface area contributed by atoms with Crippen molar-refractivity contribution in [2.75, 3.05) is 27.3 Å². The van der Waals surface area contributed by atoms with Crippen molar-refractivity contribution >= 4 is 11.6 Å². The molecule has 0 radical (unpaired) electrons. The van der Waals surface area contributed by atoms with Crippen molar-refractivity contribution in [3.63, 3.8) is 0 Å². The van der Waals surface area contributed by atoms with E-state index >= 15 is 0 Å². The topological polar surface area (TPSA) is 98.0 Å². The van der Waals surface area contributed by atoms with Crippen LogP contribution in [0.2, 0.25) is 0 Å². The Kier molecular flexibility index (Phi) is 8.08. The van der Waals surface area contributed by atoms with Crippen molar-refractivity contribution in [1.82, 2.24) is 10.6 Å². The number of rotatable bonds is 9. The summed E-state index contributed by atoms with van der Waals surface area (Å²) in [7, 11) is 3.23. The van der Waals surface area contributed by atoms with E-state index in [9.17, 15) is 10.1 Å². The SMILES string of the molecule is CCNC(=NCc1cccc([N+](=O)[O-])c1)NCCc1ccc(OC)c(OC)c1. The molecular weight excluding hydrogens is 360 g/mol. The lowest BCUT2D eigenvalue weighted by atomic mass is 10.1. The monoisotopic (exact) mass is 386 g/mol. The summed E-state index contributed by atoms with van der Waals surface area (Å²) in [6.45, 7) is 3.74. The molecule has 0 saturated heterocycles. The third-order valence-electron chi connectivity index (χ3n) is 4.04. The van der Waals surface area contributed by atoms with Gasteiger partial charge in [-0.15, -0.1) is 0 Å². The number of nitrogens with zero attached hydrogens (tertiary/aromatic N) is 2. The van der Waals surface area contributed by atoms with Gasteiger partial charge in [0.15, 0.2) is 17.5 Å². The van der Waals surface area contributed by atoms with Gasteiger partial charge in [-0.05, 0) is 36.6 Å². The van der Waals surface area contributed by atoms with E-state index in [-0.39, 0.29) is 5.69 Å². The molecule has 0 aliphatic rings. The van der Waals surface area contributed by atoms with E-state index < -0.39 is 4.92 Å². The Labute approximate surface area is 164 Å². The molecule has 0 saturated carbocycles. The van der Waals surface area contributed by atoms with Crippen molar-refractivity contribution in [2.45, 2.75) is 19.9 Å². The molecule has 0 fully saturated rings. The van der Waals surface area contributed by atoms with Gasteiger partial charge in [-0.25, -0.2) is 4.99 Å². The number of nitrogens with one attached hydrogen (secondary N) is 2. The van der Waals surface area contributed by atoms with Crippen molar-refractivity contribution in [2.24, 2.45) is 4.99 Å². The van der Waals surface area contributed by atoms with E-state index in [1.54, 1.807) is 20.3 Å². The fourth-order valence-electron chi connectivity index (χ4n) is 2.64. The Balaban J connectivity index is 1.96. The molecule has 0 atom stereocenters. The lowest BCUT2D eigenvalue weighted by Crippen LogP contribution is -2.38. The van der Waals surface area contributed by atoms with Gasteiger partial charge in [-0.1, -0.05) is 18.2 Å². The van der Waals surface area contributed by atoms with Crippen molar-refractivity contribution in [3.05, 3.63) is 63.7 Å². The van der Waals surface area contributed by atoms with E-state index in [0.717, 1.165) is 24.1 Å². The molecule has 0 aliphatic heterocycles. The maximum absolute atomic E-state index is 10.9. The number of ether oxygens (including phenoxy) is 2. The van der Waals surface area contributed by atoms with Gasteiger partial charge in [0.2, 0.25) is 0 Å². The van der Waals surface area contributed by atoms with Gasteiger partial charge < -0.3 is 20.1 Å². The maximum atomic E-state index is 10.9. The quantitative estimate of drug-likeness (QED) is 0.298. The molecule has 0 amide bonds. The summed E-state index contributed by atoms with van der Waals surface area (Å²) in [6.07, 6.45) is 0.779. The highest BCUT2D eigenvalue weighted by Crippen LogP contribution is 2.27. The van der Waals surface area contributed by atoms with Gasteiger partial charge in [0.05, 0.1) is 25.7 Å². The van der Waals surface area contributed by atoms with Gasteiger partial charge in [0.1, 0.15) is 0 Å². The molecule has 0 aliphatic carbocycles. The third-order valence-corrected chi connectivity index (χ3v) is 4.04. The number of methoxy groups -OCH3 is 2. The standard InChI is InChI=1S/C20H26N4O4/c1-4-21-20(23-14-16-6-5-7-17(12-16)24(25)26)22-11-10-15-8-9-18(27-2)19(13-15)28-3/h5-9,12-13H,4,10-11,14H2,1-3H3,(H2,21,22,23). The number of guanidine groups is 1. The highest BCUT2D eigenvalue weighted by Gasteiger charge is 2.07. The number of non-ortho nitro benzene ring substituents is 1. The van der Waals surface area contributed by atoms with Crippen LogP contribution in [-0.4, -0.2) is 38.2 Å². The van der Waals surface area contributed by atoms with Gasteiger partial charge in [-0.3, -0.25) is 10.1 Å². The first-order valence-electron chi connectivity index (χ1n) is 9.03. The lowest BCUT2D eigenvalue weighted by Gasteiger charge is -2.12. The summed E-state index contributed by atoms with van der Waals surface area (Å²) in [5, 5.41) is 17.3. The molecule has 150 valence electrons. The molecular formula is C20H26N4O4. The zero-order valence-electron chi connectivity index (χ0n) is 16.4. The van der Waals surface area contributed by atoms with Crippen LogP contribution in [0.25, 0.3) is 0 Å². The third kappa shape index (κ3) is 6.15. The summed E-state index contributed by atoms with van der Waals surface area (Å²) in [5.41, 5.74) is 1.96. The van der Waals surface area contributed by atoms with Gasteiger partial charge >= 0.3 is 0 Å². The van der Waals surface area contributed by atoms with Crippen molar-refractivity contribution < 1.29 is 14.4 Å². The van der Waals surface area contributed by atoms with Crippen LogP contribution in [0.5, 0.6) is 11.5 Å². The number of hydrogen-bond donors (Lipinski definition) is 2. The Morgan fingerprint density at radius 1 is 1.07 bits per heavy atom. The van der Waals surface area contributed by atoms with Crippen LogP contribution in [-0.2, 0) is 13.0 Å². The van der Waals surface area contributed by atoms with Crippen LogP contribution < -0.4 is 20.1 Å². The van der Waals surface area contributed by atoms with Gasteiger partial charge in [0.25, 0.3) is 5.69 Å². The molecule has 8 heteroatoms. The molecule has 2 aromatic carbocycles. The predicted octanol–water partition coefficient (Wildman–Crippen LogP) is 2.91. The average Bonchev–Trinajstić information content (AvgIpc) is 2.72. The predicted molar refractivity (Wildman–Crippen MR) is 109 cm³/mol. The van der Waals surface area contributed by atoms with E-state index in [4.69, 9.17) is 9.47 Å². The average molecular weight is 386 g/mol. The summed E-state index contributed by atoms with van der Waals surface area (Å²) < 4.78 is 10.6. The number of hydrogen-bond acceptors (Lipinski definition) is 5. The van der Waals surface area contributed by atoms with Crippen molar-refractivity contribution in [1.29, 1.82) is 0 Å². The Morgan fingerprint density at radius 2 is 1.86 bits per heavy atom. The van der Waals surface area contributed by atoms with E-state index in [1.165, 1.54) is 12.1 Å². The first-order chi connectivity index (χ1) is 13.6. The molecule has 2 aromatic rings. The van der Waals surface area contributed by atoms with Crippen LogP contribution in [0.15, 0.2) is 47.5 Å². The number of benzene rings is 2. The summed E-state index contributed by atoms with van der Waals surface area (Å²) in [6, 6.07) is 12.3. The highest BCUT2D eigenvalue weighted by atomic mass is 16.6. The van der Waals surface area contributed by atoms with E-state index in [1.807, 2.05) is 31.2 Å². The zero-order chi connectivity index (χ0) is 20.4. The number of nitro groups is 1. The number of nitro benzene ring substituents is 1. The first-order valence-corrected chi connectivity index (χ1v) is 9.03. The molecule has 0 spiro atoms. The molecule has 0 heterocycles. The lowest BCUT2D eigenvalue weighted by molar-refractivity contribution is -0.384. The van der Waals surface area contributed by atoms with Crippen LogP contribution >= 0.6 is 0 Å².